The van der Waals surface area contributed by atoms with Gasteiger partial charge in [0.05, 0.1) is 21.3 Å². The van der Waals surface area contributed by atoms with Crippen molar-refractivity contribution in [3.05, 3.63) is 90.0 Å². The van der Waals surface area contributed by atoms with E-state index in [0.29, 0.717) is 19.6 Å². The molecule has 178 valence electrons. The predicted molar refractivity (Wildman–Crippen MR) is 145 cm³/mol. The van der Waals surface area contributed by atoms with Crippen LogP contribution in [0.5, 0.6) is 5.75 Å². The highest BCUT2D eigenvalue weighted by molar-refractivity contribution is 9.11. The van der Waals surface area contributed by atoms with Crippen molar-refractivity contribution in [2.75, 3.05) is 25.0 Å². The van der Waals surface area contributed by atoms with Crippen molar-refractivity contribution >= 4 is 59.2 Å². The third kappa shape index (κ3) is 6.69. The lowest BCUT2D eigenvalue weighted by molar-refractivity contribution is 0.315. The van der Waals surface area contributed by atoms with E-state index in [1.54, 1.807) is 12.1 Å². The summed E-state index contributed by atoms with van der Waals surface area (Å²) in [6.45, 7) is 2.63. The Morgan fingerprint density at radius 3 is 2.82 bits per heavy atom. The molecule has 0 radical (unpaired) electrons. The number of nitrogens with one attached hydrogen (secondary N) is 3. The van der Waals surface area contributed by atoms with E-state index in [1.165, 1.54) is 23.5 Å². The maximum absolute atomic E-state index is 13.4. The molecule has 2 heterocycles. The Hall–Kier alpha value is -2.20. The van der Waals surface area contributed by atoms with Crippen LogP contribution in [0, 0.1) is 5.82 Å². The van der Waals surface area contributed by atoms with Gasteiger partial charge in [0.1, 0.15) is 17.4 Å². The summed E-state index contributed by atoms with van der Waals surface area (Å²) in [5, 5.41) is 8.65. The normalized spacial score (nSPS) is 11.1. The highest BCUT2D eigenvalue weighted by Gasteiger charge is 2.11. The minimum absolute atomic E-state index is 0.0366. The van der Waals surface area contributed by atoms with Crippen LogP contribution in [0.25, 0.3) is 10.2 Å². The molecular weight excluding hydrogens is 585 g/mol. The molecule has 0 bridgehead atoms. The first-order chi connectivity index (χ1) is 16.5. The zero-order chi connectivity index (χ0) is 23.9. The van der Waals surface area contributed by atoms with Crippen LogP contribution in [-0.2, 0) is 13.0 Å². The maximum Gasteiger partial charge on any atom is 0.201 e. The number of aromatic amines is 1. The molecule has 0 amide bonds. The smallest absolute Gasteiger partial charge is 0.201 e. The van der Waals surface area contributed by atoms with Crippen LogP contribution >= 0.6 is 43.2 Å². The van der Waals surface area contributed by atoms with E-state index >= 15 is 0 Å². The van der Waals surface area contributed by atoms with E-state index in [2.05, 4.69) is 47.5 Å². The monoisotopic (exact) mass is 607 g/mol. The Balaban J connectivity index is 1.26. The van der Waals surface area contributed by atoms with Crippen molar-refractivity contribution < 1.29 is 9.13 Å². The number of anilines is 1. The number of aromatic nitrogens is 1. The van der Waals surface area contributed by atoms with Gasteiger partial charge in [0, 0.05) is 35.6 Å². The molecule has 0 atom stereocenters. The lowest BCUT2D eigenvalue weighted by atomic mass is 10.1. The molecule has 4 rings (SSSR count). The first-order valence-corrected chi connectivity index (χ1v) is 13.4. The molecule has 0 aliphatic carbocycles. The average Bonchev–Trinajstić information content (AvgIpc) is 3.27. The fourth-order valence-electron chi connectivity index (χ4n) is 3.60. The van der Waals surface area contributed by atoms with Gasteiger partial charge < -0.3 is 20.4 Å². The number of fused-ring (bicyclic) bond motifs is 1. The summed E-state index contributed by atoms with van der Waals surface area (Å²) in [6.07, 6.45) is 1.51. The summed E-state index contributed by atoms with van der Waals surface area (Å²) in [5.74, 6) is 1.28. The van der Waals surface area contributed by atoms with Crippen LogP contribution in [0.2, 0.25) is 0 Å². The molecular formula is C25H24Br2FN3O2S. The van der Waals surface area contributed by atoms with Gasteiger partial charge in [0.15, 0.2) is 0 Å². The van der Waals surface area contributed by atoms with Crippen LogP contribution in [0.4, 0.5) is 10.2 Å². The minimum Gasteiger partial charge on any atom is -0.492 e. The second kappa shape index (κ2) is 12.0. The fraction of sp³-hybridized carbons (Fsp3) is 0.240. The Morgan fingerprint density at radius 2 is 1.97 bits per heavy atom. The van der Waals surface area contributed by atoms with Crippen LogP contribution in [0.15, 0.2) is 67.7 Å². The van der Waals surface area contributed by atoms with Crippen molar-refractivity contribution in [1.29, 1.82) is 0 Å². The van der Waals surface area contributed by atoms with Crippen LogP contribution in [0.1, 0.15) is 17.5 Å². The first kappa shape index (κ1) is 24.9. The van der Waals surface area contributed by atoms with Gasteiger partial charge in [-0.15, -0.1) is 11.3 Å². The molecule has 0 saturated heterocycles. The number of benzene rings is 2. The Bertz CT molecular complexity index is 1330. The number of rotatable bonds is 11. The Morgan fingerprint density at radius 1 is 1.09 bits per heavy atom. The van der Waals surface area contributed by atoms with Crippen LogP contribution < -0.4 is 20.8 Å². The van der Waals surface area contributed by atoms with Gasteiger partial charge in [-0.25, -0.2) is 4.39 Å². The lowest BCUT2D eigenvalue weighted by Gasteiger charge is -2.15. The number of ether oxygens (including phenoxy) is 1. The number of thiophene rings is 1. The van der Waals surface area contributed by atoms with E-state index in [9.17, 15) is 9.18 Å². The van der Waals surface area contributed by atoms with E-state index in [4.69, 9.17) is 4.74 Å². The van der Waals surface area contributed by atoms with Gasteiger partial charge >= 0.3 is 0 Å². The zero-order valence-electron chi connectivity index (χ0n) is 18.3. The molecule has 0 aliphatic heterocycles. The number of hydrogen-bond acceptors (Lipinski definition) is 5. The van der Waals surface area contributed by atoms with Crippen molar-refractivity contribution in [2.24, 2.45) is 0 Å². The van der Waals surface area contributed by atoms with Crippen LogP contribution in [-0.4, -0.2) is 24.7 Å². The topological polar surface area (TPSA) is 66.2 Å². The van der Waals surface area contributed by atoms with Gasteiger partial charge in [-0.2, -0.15) is 0 Å². The second-order valence-electron chi connectivity index (χ2n) is 7.77. The second-order valence-corrected chi connectivity index (χ2v) is 10.5. The molecule has 34 heavy (non-hydrogen) atoms. The van der Waals surface area contributed by atoms with Crippen molar-refractivity contribution in [3.63, 3.8) is 0 Å². The number of halogens is 3. The molecule has 2 aromatic carbocycles. The molecule has 0 aliphatic rings. The SMILES string of the molecule is O=c1cc(NCCCNCc2cc(Br)cc(Br)c2OCCc2cccc(F)c2)[nH]c2ccsc12. The minimum atomic E-state index is -0.236. The first-order valence-electron chi connectivity index (χ1n) is 10.9. The average molecular weight is 609 g/mol. The molecule has 9 heteroatoms. The Labute approximate surface area is 218 Å². The highest BCUT2D eigenvalue weighted by atomic mass is 79.9. The van der Waals surface area contributed by atoms with Crippen molar-refractivity contribution in [2.45, 2.75) is 19.4 Å². The standard InChI is InChI=1S/C25H24Br2FN3O2S/c26-18-12-17(24(20(27)13-18)33-9-5-16-3-1-4-19(28)11-16)15-29-7-2-8-30-23-14-22(32)25-21(31-23)6-10-34-25/h1,3-4,6,10-14,29H,2,5,7-9,15H2,(H2,30,31,32). The summed E-state index contributed by atoms with van der Waals surface area (Å²) in [7, 11) is 0. The highest BCUT2D eigenvalue weighted by Crippen LogP contribution is 2.33. The number of hydrogen-bond donors (Lipinski definition) is 3. The van der Waals surface area contributed by atoms with Gasteiger partial charge in [-0.3, -0.25) is 4.79 Å². The van der Waals surface area contributed by atoms with Gasteiger partial charge in [-0.1, -0.05) is 28.1 Å². The molecule has 5 nitrogen and oxygen atoms in total. The summed E-state index contributed by atoms with van der Waals surface area (Å²) in [6, 6.07) is 14.1. The van der Waals surface area contributed by atoms with Crippen LogP contribution in [0.3, 0.4) is 0 Å². The molecule has 0 fully saturated rings. The summed E-state index contributed by atoms with van der Waals surface area (Å²) in [4.78, 5) is 15.4. The van der Waals surface area contributed by atoms with Gasteiger partial charge in [-0.05, 0) is 70.2 Å². The molecule has 0 spiro atoms. The third-order valence-electron chi connectivity index (χ3n) is 5.21. The molecule has 2 aromatic heterocycles. The largest absolute Gasteiger partial charge is 0.492 e. The molecule has 0 unspecified atom stereocenters. The van der Waals surface area contributed by atoms with E-state index in [0.717, 1.165) is 61.4 Å². The maximum atomic E-state index is 13.4. The number of H-pyrrole nitrogens is 1. The summed E-state index contributed by atoms with van der Waals surface area (Å²) < 4.78 is 22.0. The molecule has 4 aromatic rings. The summed E-state index contributed by atoms with van der Waals surface area (Å²) >= 11 is 8.59. The zero-order valence-corrected chi connectivity index (χ0v) is 22.3. The van der Waals surface area contributed by atoms with E-state index < -0.39 is 0 Å². The van der Waals surface area contributed by atoms with Gasteiger partial charge in [0.2, 0.25) is 5.43 Å². The quantitative estimate of drug-likeness (QED) is 0.171. The third-order valence-corrected chi connectivity index (χ3v) is 7.18. The Kier molecular flexibility index (Phi) is 8.77. The van der Waals surface area contributed by atoms with E-state index in [-0.39, 0.29) is 11.2 Å². The molecule has 3 N–H and O–H groups in total. The van der Waals surface area contributed by atoms with E-state index in [1.807, 2.05) is 29.6 Å². The fourth-order valence-corrected chi connectivity index (χ4v) is 5.79. The molecule has 0 saturated carbocycles. The predicted octanol–water partition coefficient (Wildman–Crippen LogP) is 6.47. The summed E-state index contributed by atoms with van der Waals surface area (Å²) in [5.41, 5.74) is 2.83. The van der Waals surface area contributed by atoms with Crippen molar-refractivity contribution in [3.8, 4) is 5.75 Å². The number of pyridine rings is 1. The van der Waals surface area contributed by atoms with Gasteiger partial charge in [0.25, 0.3) is 0 Å². The van der Waals surface area contributed by atoms with Crippen molar-refractivity contribution in [1.82, 2.24) is 10.3 Å². The lowest BCUT2D eigenvalue weighted by Crippen LogP contribution is -2.19.